The van der Waals surface area contributed by atoms with Crippen LogP contribution in [0.5, 0.6) is 11.5 Å². The molecule has 0 aliphatic carbocycles. The van der Waals surface area contributed by atoms with Gasteiger partial charge in [-0.2, -0.15) is 0 Å². The Morgan fingerprint density at radius 1 is 1.15 bits per heavy atom. The third-order valence-corrected chi connectivity index (χ3v) is 4.20. The van der Waals surface area contributed by atoms with E-state index in [2.05, 4.69) is 16.4 Å². The summed E-state index contributed by atoms with van der Waals surface area (Å²) in [6.07, 6.45) is 5.45. The monoisotopic (exact) mass is 365 g/mol. The molecule has 0 spiro atoms. The molecule has 0 aliphatic rings. The molecule has 1 heterocycles. The molecule has 1 aromatic heterocycles. The minimum Gasteiger partial charge on any atom is -0.493 e. The van der Waals surface area contributed by atoms with Gasteiger partial charge in [-0.25, -0.2) is 4.98 Å². The molecule has 2 aromatic carbocycles. The van der Waals surface area contributed by atoms with E-state index in [9.17, 15) is 4.79 Å². The molecular formula is C21H23N3O3. The lowest BCUT2D eigenvalue weighted by Crippen LogP contribution is -2.23. The van der Waals surface area contributed by atoms with Crippen molar-refractivity contribution < 1.29 is 14.3 Å². The minimum absolute atomic E-state index is 0.159. The van der Waals surface area contributed by atoms with Gasteiger partial charge >= 0.3 is 0 Å². The molecule has 1 amide bonds. The lowest BCUT2D eigenvalue weighted by molar-refractivity contribution is 0.0950. The average Bonchev–Trinajstić information content (AvgIpc) is 3.20. The zero-order valence-electron chi connectivity index (χ0n) is 15.5. The zero-order valence-corrected chi connectivity index (χ0v) is 15.5. The first kappa shape index (κ1) is 18.5. The van der Waals surface area contributed by atoms with Crippen molar-refractivity contribution in [3.05, 3.63) is 77.9 Å². The summed E-state index contributed by atoms with van der Waals surface area (Å²) in [6.45, 7) is 3.60. The topological polar surface area (TPSA) is 65.4 Å². The number of imidazole rings is 1. The Labute approximate surface area is 158 Å². The van der Waals surface area contributed by atoms with Crippen LogP contribution in [-0.4, -0.2) is 29.2 Å². The molecule has 0 radical (unpaired) electrons. The summed E-state index contributed by atoms with van der Waals surface area (Å²) in [6, 6.07) is 13.2. The third kappa shape index (κ3) is 4.67. The standard InChI is InChI=1S/C21H23N3O3/c1-3-27-19-9-8-16(12-20(19)26-2)21(25)23-13-17-6-4-5-7-18(17)14-24-11-10-22-15-24/h4-12,15H,3,13-14H2,1-2H3,(H,23,25). The number of aromatic nitrogens is 2. The van der Waals surface area contributed by atoms with Crippen LogP contribution in [0.4, 0.5) is 0 Å². The molecule has 3 aromatic rings. The average molecular weight is 365 g/mol. The lowest BCUT2D eigenvalue weighted by Gasteiger charge is -2.13. The van der Waals surface area contributed by atoms with Gasteiger partial charge in [-0.15, -0.1) is 0 Å². The van der Waals surface area contributed by atoms with E-state index in [1.807, 2.05) is 35.9 Å². The molecule has 6 heteroatoms. The van der Waals surface area contributed by atoms with Gasteiger partial charge in [0.1, 0.15) is 0 Å². The number of carbonyl (C=O) groups is 1. The van der Waals surface area contributed by atoms with E-state index in [4.69, 9.17) is 9.47 Å². The fourth-order valence-electron chi connectivity index (χ4n) is 2.82. The molecular weight excluding hydrogens is 342 g/mol. The van der Waals surface area contributed by atoms with Crippen LogP contribution in [0.3, 0.4) is 0 Å². The number of rotatable bonds is 8. The fourth-order valence-corrected chi connectivity index (χ4v) is 2.82. The minimum atomic E-state index is -0.159. The SMILES string of the molecule is CCOc1ccc(C(=O)NCc2ccccc2Cn2ccnc2)cc1OC. The molecule has 0 saturated carbocycles. The molecule has 0 atom stereocenters. The molecule has 6 nitrogen and oxygen atoms in total. The lowest BCUT2D eigenvalue weighted by atomic mass is 10.1. The number of nitrogens with zero attached hydrogens (tertiary/aromatic N) is 2. The van der Waals surface area contributed by atoms with Gasteiger partial charge in [0.25, 0.3) is 5.91 Å². The fraction of sp³-hybridized carbons (Fsp3) is 0.238. The summed E-state index contributed by atoms with van der Waals surface area (Å²) in [5, 5.41) is 2.98. The van der Waals surface area contributed by atoms with Gasteiger partial charge in [0.15, 0.2) is 11.5 Å². The van der Waals surface area contributed by atoms with Crippen molar-refractivity contribution in [2.75, 3.05) is 13.7 Å². The number of carbonyl (C=O) groups excluding carboxylic acids is 1. The van der Waals surface area contributed by atoms with E-state index < -0.39 is 0 Å². The van der Waals surface area contributed by atoms with Crippen molar-refractivity contribution in [2.24, 2.45) is 0 Å². The third-order valence-electron chi connectivity index (χ3n) is 4.20. The Morgan fingerprint density at radius 3 is 2.67 bits per heavy atom. The molecule has 0 unspecified atom stereocenters. The van der Waals surface area contributed by atoms with Crippen molar-refractivity contribution in [1.82, 2.24) is 14.9 Å². The first-order chi connectivity index (χ1) is 13.2. The Kier molecular flexibility index (Phi) is 6.10. The molecule has 0 bridgehead atoms. The highest BCUT2D eigenvalue weighted by Crippen LogP contribution is 2.28. The maximum absolute atomic E-state index is 12.6. The normalized spacial score (nSPS) is 10.4. The number of nitrogens with one attached hydrogen (secondary N) is 1. The summed E-state index contributed by atoms with van der Waals surface area (Å²) in [5.74, 6) is 1.01. The van der Waals surface area contributed by atoms with Crippen molar-refractivity contribution in [1.29, 1.82) is 0 Å². The Hall–Kier alpha value is -3.28. The maximum Gasteiger partial charge on any atom is 0.251 e. The van der Waals surface area contributed by atoms with Gasteiger partial charge in [0.05, 0.1) is 20.0 Å². The van der Waals surface area contributed by atoms with Crippen LogP contribution >= 0.6 is 0 Å². The molecule has 0 saturated heterocycles. The highest BCUT2D eigenvalue weighted by Gasteiger charge is 2.12. The van der Waals surface area contributed by atoms with Crippen LogP contribution in [0.2, 0.25) is 0 Å². The van der Waals surface area contributed by atoms with E-state index in [1.54, 1.807) is 37.8 Å². The van der Waals surface area contributed by atoms with Crippen molar-refractivity contribution in [3.63, 3.8) is 0 Å². The van der Waals surface area contributed by atoms with Gasteiger partial charge in [0.2, 0.25) is 0 Å². The molecule has 1 N–H and O–H groups in total. The summed E-state index contributed by atoms with van der Waals surface area (Å²) in [5.41, 5.74) is 2.74. The largest absolute Gasteiger partial charge is 0.493 e. The first-order valence-electron chi connectivity index (χ1n) is 8.82. The van der Waals surface area contributed by atoms with Crippen molar-refractivity contribution in [3.8, 4) is 11.5 Å². The van der Waals surface area contributed by atoms with Crippen LogP contribution < -0.4 is 14.8 Å². The van der Waals surface area contributed by atoms with Crippen LogP contribution in [0, 0.1) is 0 Å². The van der Waals surface area contributed by atoms with Gasteiger partial charge < -0.3 is 19.4 Å². The number of amides is 1. The second-order valence-corrected chi connectivity index (χ2v) is 5.99. The molecule has 27 heavy (non-hydrogen) atoms. The predicted molar refractivity (Wildman–Crippen MR) is 103 cm³/mol. The van der Waals surface area contributed by atoms with E-state index >= 15 is 0 Å². The second kappa shape index (κ2) is 8.89. The zero-order chi connectivity index (χ0) is 19.1. The summed E-state index contributed by atoms with van der Waals surface area (Å²) in [4.78, 5) is 16.6. The van der Waals surface area contributed by atoms with Gasteiger partial charge in [-0.1, -0.05) is 24.3 Å². The number of benzene rings is 2. The molecule has 140 valence electrons. The van der Waals surface area contributed by atoms with Gasteiger partial charge in [-0.3, -0.25) is 4.79 Å². The van der Waals surface area contributed by atoms with Crippen LogP contribution in [0.15, 0.2) is 61.2 Å². The van der Waals surface area contributed by atoms with E-state index in [0.29, 0.717) is 36.8 Å². The molecule has 0 aliphatic heterocycles. The Balaban J connectivity index is 1.69. The number of hydrogen-bond acceptors (Lipinski definition) is 4. The molecule has 3 rings (SSSR count). The number of methoxy groups -OCH3 is 1. The quantitative estimate of drug-likeness (QED) is 0.665. The predicted octanol–water partition coefficient (Wildman–Crippen LogP) is 3.27. The Morgan fingerprint density at radius 2 is 1.96 bits per heavy atom. The summed E-state index contributed by atoms with van der Waals surface area (Å²) < 4.78 is 12.8. The molecule has 0 fully saturated rings. The summed E-state index contributed by atoms with van der Waals surface area (Å²) in [7, 11) is 1.56. The summed E-state index contributed by atoms with van der Waals surface area (Å²) >= 11 is 0. The van der Waals surface area contributed by atoms with Crippen molar-refractivity contribution >= 4 is 5.91 Å². The highest BCUT2D eigenvalue weighted by molar-refractivity contribution is 5.94. The van der Waals surface area contributed by atoms with Gasteiger partial charge in [0, 0.05) is 31.0 Å². The second-order valence-electron chi connectivity index (χ2n) is 5.99. The van der Waals surface area contributed by atoms with Crippen LogP contribution in [-0.2, 0) is 13.1 Å². The van der Waals surface area contributed by atoms with Crippen molar-refractivity contribution in [2.45, 2.75) is 20.0 Å². The highest BCUT2D eigenvalue weighted by atomic mass is 16.5. The van der Waals surface area contributed by atoms with Crippen LogP contribution in [0.25, 0.3) is 0 Å². The first-order valence-corrected chi connectivity index (χ1v) is 8.82. The Bertz CT molecular complexity index is 891. The van der Waals surface area contributed by atoms with E-state index in [1.165, 1.54) is 0 Å². The maximum atomic E-state index is 12.6. The van der Waals surface area contributed by atoms with E-state index in [-0.39, 0.29) is 5.91 Å². The van der Waals surface area contributed by atoms with E-state index in [0.717, 1.165) is 11.1 Å². The van der Waals surface area contributed by atoms with Crippen LogP contribution in [0.1, 0.15) is 28.4 Å². The smallest absolute Gasteiger partial charge is 0.251 e. The van der Waals surface area contributed by atoms with Gasteiger partial charge in [-0.05, 0) is 36.2 Å². The number of ether oxygens (including phenoxy) is 2. The number of hydrogen-bond donors (Lipinski definition) is 1.